The molecule has 15 heavy (non-hydrogen) atoms. The fraction of sp³-hybridized carbons (Fsp3) is 0.600. The number of hydrogen-bond acceptors (Lipinski definition) is 3. The molecule has 0 radical (unpaired) electrons. The molecule has 1 aromatic rings. The average molecular weight is 211 g/mol. The average Bonchev–Trinajstić information content (AvgIpc) is 2.52. The van der Waals surface area contributed by atoms with Crippen LogP contribution in [-0.2, 0) is 16.1 Å². The Bertz CT molecular complexity index is 322. The van der Waals surface area contributed by atoms with Gasteiger partial charge in [0.25, 0.3) is 0 Å². The lowest BCUT2D eigenvalue weighted by Gasteiger charge is -2.13. The molecule has 1 unspecified atom stereocenters. The summed E-state index contributed by atoms with van der Waals surface area (Å²) >= 11 is 0. The van der Waals surface area contributed by atoms with E-state index in [1.54, 1.807) is 18.0 Å². The highest BCUT2D eigenvalue weighted by molar-refractivity contribution is 5.75. The second-order valence-corrected chi connectivity index (χ2v) is 3.55. The van der Waals surface area contributed by atoms with Gasteiger partial charge in [-0.25, -0.2) is 0 Å². The second-order valence-electron chi connectivity index (χ2n) is 3.55. The van der Waals surface area contributed by atoms with Crippen LogP contribution in [0.1, 0.15) is 12.6 Å². The first-order valence-corrected chi connectivity index (χ1v) is 4.90. The molecule has 5 nitrogen and oxygen atoms in total. The minimum absolute atomic E-state index is 0.0263. The van der Waals surface area contributed by atoms with Crippen LogP contribution in [0.25, 0.3) is 0 Å². The topological polar surface area (TPSA) is 56.1 Å². The first-order valence-electron chi connectivity index (χ1n) is 4.90. The minimum Gasteiger partial charge on any atom is -0.383 e. The summed E-state index contributed by atoms with van der Waals surface area (Å²) in [6, 6.07) is 1.89. The quantitative estimate of drug-likeness (QED) is 0.764. The molecule has 0 aromatic carbocycles. The summed E-state index contributed by atoms with van der Waals surface area (Å²) in [4.78, 5) is 11.5. The molecular weight excluding hydrogens is 194 g/mol. The van der Waals surface area contributed by atoms with E-state index in [2.05, 4.69) is 10.4 Å². The molecule has 1 N–H and O–H groups in total. The van der Waals surface area contributed by atoms with Gasteiger partial charge in [0.1, 0.15) is 6.54 Å². The van der Waals surface area contributed by atoms with Crippen LogP contribution in [0.15, 0.2) is 12.3 Å². The van der Waals surface area contributed by atoms with Crippen molar-refractivity contribution in [3.05, 3.63) is 18.0 Å². The molecule has 0 fully saturated rings. The van der Waals surface area contributed by atoms with Gasteiger partial charge in [0.05, 0.1) is 6.61 Å². The molecule has 0 aliphatic rings. The van der Waals surface area contributed by atoms with Crippen LogP contribution < -0.4 is 5.32 Å². The summed E-state index contributed by atoms with van der Waals surface area (Å²) in [6.07, 6.45) is 1.68. The Hall–Kier alpha value is -1.36. The van der Waals surface area contributed by atoms with Gasteiger partial charge in [0.2, 0.25) is 5.91 Å². The van der Waals surface area contributed by atoms with Crippen molar-refractivity contribution in [3.63, 3.8) is 0 Å². The van der Waals surface area contributed by atoms with E-state index in [4.69, 9.17) is 4.74 Å². The maximum absolute atomic E-state index is 11.5. The zero-order valence-electron chi connectivity index (χ0n) is 9.36. The molecule has 1 amide bonds. The molecule has 0 aliphatic carbocycles. The molecule has 1 aromatic heterocycles. The van der Waals surface area contributed by atoms with Crippen LogP contribution in [0.4, 0.5) is 0 Å². The third kappa shape index (κ3) is 3.71. The van der Waals surface area contributed by atoms with Gasteiger partial charge in [0, 0.05) is 25.0 Å². The van der Waals surface area contributed by atoms with Crippen molar-refractivity contribution < 1.29 is 9.53 Å². The highest BCUT2D eigenvalue weighted by Crippen LogP contribution is 1.95. The Balaban J connectivity index is 2.40. The lowest BCUT2D eigenvalue weighted by Crippen LogP contribution is -2.38. The Morgan fingerprint density at radius 1 is 1.73 bits per heavy atom. The number of carbonyl (C=O) groups is 1. The fourth-order valence-electron chi connectivity index (χ4n) is 1.31. The number of aromatic nitrogens is 2. The summed E-state index contributed by atoms with van der Waals surface area (Å²) in [5, 5.41) is 6.86. The minimum atomic E-state index is -0.0497. The number of nitrogens with zero attached hydrogens (tertiary/aromatic N) is 2. The molecule has 0 aliphatic heterocycles. The SMILES string of the molecule is COCC(C)NC(=O)Cn1nccc1C. The zero-order chi connectivity index (χ0) is 11.3. The lowest BCUT2D eigenvalue weighted by molar-refractivity contribution is -0.122. The van der Waals surface area contributed by atoms with E-state index < -0.39 is 0 Å². The van der Waals surface area contributed by atoms with Gasteiger partial charge in [-0.15, -0.1) is 0 Å². The summed E-state index contributed by atoms with van der Waals surface area (Å²) < 4.78 is 6.59. The molecule has 1 heterocycles. The normalized spacial score (nSPS) is 12.5. The van der Waals surface area contributed by atoms with Gasteiger partial charge >= 0.3 is 0 Å². The van der Waals surface area contributed by atoms with Crippen LogP contribution in [0.3, 0.4) is 0 Å². The number of carbonyl (C=O) groups excluding carboxylic acids is 1. The highest BCUT2D eigenvalue weighted by Gasteiger charge is 2.08. The van der Waals surface area contributed by atoms with E-state index in [1.165, 1.54) is 0 Å². The zero-order valence-corrected chi connectivity index (χ0v) is 9.36. The number of ether oxygens (including phenoxy) is 1. The molecular formula is C10H17N3O2. The molecule has 1 atom stereocenters. The Labute approximate surface area is 89.4 Å². The number of hydrogen-bond donors (Lipinski definition) is 1. The summed E-state index contributed by atoms with van der Waals surface area (Å²) in [7, 11) is 1.61. The standard InChI is InChI=1S/C10H17N3O2/c1-8(7-15-3)12-10(14)6-13-9(2)4-5-11-13/h4-5,8H,6-7H2,1-3H3,(H,12,14). The third-order valence-electron chi connectivity index (χ3n) is 2.05. The largest absolute Gasteiger partial charge is 0.383 e. The maximum Gasteiger partial charge on any atom is 0.242 e. The van der Waals surface area contributed by atoms with Gasteiger partial charge in [-0.3, -0.25) is 9.48 Å². The van der Waals surface area contributed by atoms with Gasteiger partial charge in [-0.2, -0.15) is 5.10 Å². The first-order chi connectivity index (χ1) is 7.13. The predicted octanol–water partition coefficient (Wildman–Crippen LogP) is 0.343. The molecule has 0 bridgehead atoms. The summed E-state index contributed by atoms with van der Waals surface area (Å²) in [5.74, 6) is -0.0497. The fourth-order valence-corrected chi connectivity index (χ4v) is 1.31. The van der Waals surface area contributed by atoms with Crippen LogP contribution in [0.2, 0.25) is 0 Å². The molecule has 1 rings (SSSR count). The number of amides is 1. The number of rotatable bonds is 5. The molecule has 84 valence electrons. The Morgan fingerprint density at radius 2 is 2.47 bits per heavy atom. The smallest absolute Gasteiger partial charge is 0.242 e. The van der Waals surface area contributed by atoms with Gasteiger partial charge in [-0.1, -0.05) is 0 Å². The van der Waals surface area contributed by atoms with E-state index in [-0.39, 0.29) is 18.5 Å². The number of aryl methyl sites for hydroxylation is 1. The predicted molar refractivity (Wildman–Crippen MR) is 56.4 cm³/mol. The van der Waals surface area contributed by atoms with Crippen LogP contribution in [0, 0.1) is 6.92 Å². The van der Waals surface area contributed by atoms with Crippen molar-refractivity contribution in [1.82, 2.24) is 15.1 Å². The van der Waals surface area contributed by atoms with Crippen LogP contribution in [0.5, 0.6) is 0 Å². The van der Waals surface area contributed by atoms with Crippen LogP contribution in [-0.4, -0.2) is 35.4 Å². The monoisotopic (exact) mass is 211 g/mol. The molecule has 0 saturated heterocycles. The Kier molecular flexibility index (Phi) is 4.30. The molecule has 5 heteroatoms. The van der Waals surface area contributed by atoms with Crippen LogP contribution >= 0.6 is 0 Å². The first kappa shape index (κ1) is 11.7. The van der Waals surface area contributed by atoms with E-state index in [0.29, 0.717) is 6.61 Å². The molecule has 0 spiro atoms. The van der Waals surface area contributed by atoms with E-state index >= 15 is 0 Å². The van der Waals surface area contributed by atoms with E-state index in [1.807, 2.05) is 19.9 Å². The molecule has 0 saturated carbocycles. The van der Waals surface area contributed by atoms with Gasteiger partial charge in [0.15, 0.2) is 0 Å². The number of nitrogens with one attached hydrogen (secondary N) is 1. The van der Waals surface area contributed by atoms with Crippen molar-refractivity contribution in [2.75, 3.05) is 13.7 Å². The van der Waals surface area contributed by atoms with Crippen molar-refractivity contribution in [1.29, 1.82) is 0 Å². The van der Waals surface area contributed by atoms with Gasteiger partial charge in [-0.05, 0) is 19.9 Å². The third-order valence-corrected chi connectivity index (χ3v) is 2.05. The van der Waals surface area contributed by atoms with E-state index in [9.17, 15) is 4.79 Å². The second kappa shape index (κ2) is 5.50. The summed E-state index contributed by atoms with van der Waals surface area (Å²) in [6.45, 7) is 4.59. The van der Waals surface area contributed by atoms with Gasteiger partial charge < -0.3 is 10.1 Å². The van der Waals surface area contributed by atoms with Crippen molar-refractivity contribution in [2.45, 2.75) is 26.4 Å². The van der Waals surface area contributed by atoms with Crippen molar-refractivity contribution in [3.8, 4) is 0 Å². The Morgan fingerprint density at radius 3 is 3.00 bits per heavy atom. The number of methoxy groups -OCH3 is 1. The van der Waals surface area contributed by atoms with Crippen molar-refractivity contribution in [2.24, 2.45) is 0 Å². The lowest BCUT2D eigenvalue weighted by atomic mass is 10.3. The highest BCUT2D eigenvalue weighted by atomic mass is 16.5. The van der Waals surface area contributed by atoms with Crippen molar-refractivity contribution >= 4 is 5.91 Å². The maximum atomic E-state index is 11.5. The summed E-state index contributed by atoms with van der Waals surface area (Å²) in [5.41, 5.74) is 0.976. The van der Waals surface area contributed by atoms with E-state index in [0.717, 1.165) is 5.69 Å².